The Morgan fingerprint density at radius 2 is 0.680 bits per heavy atom. The minimum Gasteiger partial charge on any atom is -0.142 e. The van der Waals surface area contributed by atoms with Gasteiger partial charge in [0.2, 0.25) is 0 Å². The van der Waals surface area contributed by atoms with Crippen LogP contribution in [-0.2, 0) is 0 Å². The molecule has 0 saturated heterocycles. The van der Waals surface area contributed by atoms with E-state index in [9.17, 15) is 58.3 Å². The van der Waals surface area contributed by atoms with Crippen LogP contribution >= 0.6 is 43.3 Å². The zero-order chi connectivity index (χ0) is 20.9. The molecule has 0 bridgehead atoms. The maximum atomic E-state index is 12.6. The normalized spacial score (nSPS) is 22.7. The van der Waals surface area contributed by atoms with Crippen LogP contribution in [0, 0.1) is 0 Å². The van der Waals surface area contributed by atoms with Gasteiger partial charge in [0.05, 0.1) is 0 Å². The molecule has 0 unspecified atom stereocenters. The Kier molecular flexibility index (Phi) is 3.17. The number of thiol groups is 1. The lowest BCUT2D eigenvalue weighted by atomic mass is 10.3. The fraction of sp³-hybridized carbons (Fsp3) is 0. The zero-order valence-electron chi connectivity index (χ0n) is 10.5. The Bertz CT molecular complexity index is 780. The molecule has 0 heterocycles. The second-order valence-corrected chi connectivity index (χ2v) is 12.3. The third-order valence-electron chi connectivity index (χ3n) is 2.27. The molecule has 0 aliphatic carbocycles. The molecule has 0 radical (unpaired) electrons. The van der Waals surface area contributed by atoms with Gasteiger partial charge in [-0.05, 0) is 12.1 Å². The van der Waals surface area contributed by atoms with Gasteiger partial charge in [0.15, 0.2) is 0 Å². The van der Waals surface area contributed by atoms with Crippen molar-refractivity contribution in [1.82, 2.24) is 0 Å². The van der Waals surface area contributed by atoms with E-state index < -0.39 is 62.4 Å². The number of hydrogen-bond acceptors (Lipinski definition) is 1. The van der Waals surface area contributed by atoms with Crippen molar-refractivity contribution in [2.45, 2.75) is 19.6 Å². The minimum atomic E-state index is -11.9. The van der Waals surface area contributed by atoms with E-state index in [0.29, 0.717) is 0 Å². The lowest BCUT2D eigenvalue weighted by Gasteiger charge is -2.49. The van der Waals surface area contributed by atoms with Crippen molar-refractivity contribution < 1.29 is 58.3 Å². The van der Waals surface area contributed by atoms with Crippen molar-refractivity contribution in [3.63, 3.8) is 0 Å². The highest BCUT2D eigenvalue weighted by molar-refractivity contribution is 8.48. The summed E-state index contributed by atoms with van der Waals surface area (Å²) in [7, 11) is -34.9. The van der Waals surface area contributed by atoms with Gasteiger partial charge in [-0.1, -0.05) is 58.3 Å². The molecule has 0 aromatic heterocycles. The van der Waals surface area contributed by atoms with Crippen LogP contribution in [0.4, 0.5) is 58.3 Å². The molecule has 156 valence electrons. The van der Waals surface area contributed by atoms with Crippen molar-refractivity contribution >= 4 is 43.3 Å². The highest BCUT2D eigenvalue weighted by Gasteiger charge is 2.77. The van der Waals surface area contributed by atoms with E-state index in [4.69, 9.17) is 0 Å². The van der Waals surface area contributed by atoms with Gasteiger partial charge in [0.1, 0.15) is 14.7 Å². The Labute approximate surface area is 133 Å². The summed E-state index contributed by atoms with van der Waals surface area (Å²) in [6.07, 6.45) is 0. The summed E-state index contributed by atoms with van der Waals surface area (Å²) in [4.78, 5) is -16.0. The van der Waals surface area contributed by atoms with Crippen molar-refractivity contribution in [3.05, 3.63) is 12.1 Å². The molecule has 1 rings (SSSR count). The Balaban J connectivity index is 4.35. The van der Waals surface area contributed by atoms with E-state index in [1.54, 1.807) is 0 Å². The zero-order valence-corrected chi connectivity index (χ0v) is 13.8. The fourth-order valence-electron chi connectivity index (χ4n) is 1.44. The van der Waals surface area contributed by atoms with Crippen molar-refractivity contribution in [2.24, 2.45) is 0 Å². The van der Waals surface area contributed by atoms with E-state index in [2.05, 4.69) is 12.6 Å². The predicted octanol–water partition coefficient (Wildman–Crippen LogP) is 9.95. The van der Waals surface area contributed by atoms with Gasteiger partial charge in [0, 0.05) is 4.90 Å². The molecule has 19 heteroatoms. The lowest BCUT2D eigenvalue weighted by Crippen LogP contribution is -2.18. The monoisotopic (exact) mass is 488 g/mol. The SMILES string of the molecule is FS(F)(F)(F)(F)c1cc(S(F)(F)(F)(F)F)c(S(F)(F)(F)(F)F)cc1S. The summed E-state index contributed by atoms with van der Waals surface area (Å²) in [5.41, 5.74) is 0. The molecule has 0 spiro atoms. The molecular weight excluding hydrogens is 485 g/mol. The summed E-state index contributed by atoms with van der Waals surface area (Å²) in [5.74, 6) is 0. The molecule has 0 aliphatic rings. The topological polar surface area (TPSA) is 0 Å². The molecule has 25 heavy (non-hydrogen) atoms. The average Bonchev–Trinajstić information content (AvgIpc) is 2.03. The molecule has 0 atom stereocenters. The number of hydrogen-bond donors (Lipinski definition) is 1. The minimum absolute atomic E-state index is 1.84. The van der Waals surface area contributed by atoms with Gasteiger partial charge in [-0.15, -0.1) is 12.6 Å². The first kappa shape index (κ1) is 22.6. The second kappa shape index (κ2) is 3.50. The third kappa shape index (κ3) is 5.28. The molecule has 1 aromatic carbocycles. The summed E-state index contributed by atoms with van der Waals surface area (Å²) in [6, 6.07) is -4.23. The van der Waals surface area contributed by atoms with Crippen LogP contribution in [0.1, 0.15) is 0 Å². The van der Waals surface area contributed by atoms with E-state index in [1.165, 1.54) is 0 Å². The van der Waals surface area contributed by atoms with Gasteiger partial charge in [0.25, 0.3) is 0 Å². The van der Waals surface area contributed by atoms with Crippen LogP contribution in [0.25, 0.3) is 0 Å². The molecular formula is C6H3F15S4. The highest BCUT2D eigenvalue weighted by Crippen LogP contribution is 3.10. The van der Waals surface area contributed by atoms with E-state index in [1.807, 2.05) is 0 Å². The van der Waals surface area contributed by atoms with Gasteiger partial charge in [-0.3, -0.25) is 0 Å². The molecule has 0 fully saturated rings. The maximum Gasteiger partial charge on any atom is 0.311 e. The molecule has 0 N–H and O–H groups in total. The number of benzene rings is 1. The fourth-order valence-corrected chi connectivity index (χ4v) is 5.61. The van der Waals surface area contributed by atoms with E-state index >= 15 is 0 Å². The van der Waals surface area contributed by atoms with Crippen LogP contribution in [0.5, 0.6) is 0 Å². The van der Waals surface area contributed by atoms with Crippen LogP contribution in [0.3, 0.4) is 0 Å². The second-order valence-electron chi connectivity index (χ2n) is 4.67. The van der Waals surface area contributed by atoms with Gasteiger partial charge in [-0.2, -0.15) is 0 Å². The Morgan fingerprint density at radius 1 is 0.440 bits per heavy atom. The maximum absolute atomic E-state index is 12.6. The smallest absolute Gasteiger partial charge is 0.142 e. The van der Waals surface area contributed by atoms with E-state index in [0.717, 1.165) is 0 Å². The molecule has 0 aliphatic heterocycles. The average molecular weight is 488 g/mol. The molecule has 0 amide bonds. The third-order valence-corrected chi connectivity index (χ3v) is 6.43. The Morgan fingerprint density at radius 3 is 0.920 bits per heavy atom. The van der Waals surface area contributed by atoms with Crippen molar-refractivity contribution in [2.75, 3.05) is 0 Å². The summed E-state index contributed by atoms with van der Waals surface area (Å²) >= 11 is 2.39. The summed E-state index contributed by atoms with van der Waals surface area (Å²) < 4.78 is 188. The summed E-state index contributed by atoms with van der Waals surface area (Å²) in [6.45, 7) is 0. The van der Waals surface area contributed by atoms with Crippen LogP contribution in [0.15, 0.2) is 31.7 Å². The van der Waals surface area contributed by atoms with Crippen LogP contribution in [-0.4, -0.2) is 0 Å². The lowest BCUT2D eigenvalue weighted by molar-refractivity contribution is 0.332. The first-order chi connectivity index (χ1) is 9.71. The quantitative estimate of drug-likeness (QED) is 0.318. The highest BCUT2D eigenvalue weighted by atomic mass is 32.5. The number of rotatable bonds is 3. The van der Waals surface area contributed by atoms with Crippen LogP contribution in [0.2, 0.25) is 0 Å². The van der Waals surface area contributed by atoms with Gasteiger partial charge in [-0.25, -0.2) is 0 Å². The first-order valence-corrected chi connectivity index (χ1v) is 11.1. The van der Waals surface area contributed by atoms with Gasteiger partial charge >= 0.3 is 30.7 Å². The molecule has 0 nitrogen and oxygen atoms in total. The van der Waals surface area contributed by atoms with E-state index in [-0.39, 0.29) is 0 Å². The first-order valence-electron chi connectivity index (χ1n) is 4.81. The van der Waals surface area contributed by atoms with Gasteiger partial charge < -0.3 is 0 Å². The summed E-state index contributed by atoms with van der Waals surface area (Å²) in [5, 5.41) is 0. The largest absolute Gasteiger partial charge is 0.311 e. The molecule has 0 saturated carbocycles. The number of halogens is 15. The molecule has 1 aromatic rings. The Hall–Kier alpha value is -0.430. The van der Waals surface area contributed by atoms with Crippen molar-refractivity contribution in [1.29, 1.82) is 0 Å². The standard InChI is InChI=1S/C6H3F15S4/c7-23(8,9,10,11)4-2-6(25(17,18,19,20)21)5(1-3(4)22)24(12,13,14,15)16/h1-2,22H. The predicted molar refractivity (Wildman–Crippen MR) is 67.9 cm³/mol. The van der Waals surface area contributed by atoms with Crippen molar-refractivity contribution in [3.8, 4) is 0 Å². The van der Waals surface area contributed by atoms with Crippen LogP contribution < -0.4 is 0 Å².